The third kappa shape index (κ3) is 7.16. The first-order valence-corrected chi connectivity index (χ1v) is 17.3. The zero-order chi connectivity index (χ0) is 33.8. The Labute approximate surface area is 283 Å². The number of benzene rings is 2. The number of amides is 2. The number of carbonyl (C=O) groups is 2. The molecule has 0 saturated carbocycles. The molecule has 2 aliphatic heterocycles. The number of imide groups is 1. The predicted molar refractivity (Wildman–Crippen MR) is 186 cm³/mol. The molecule has 48 heavy (non-hydrogen) atoms. The standard InChI is InChI=1S/C40H47N3O5/c1-26(2)32-23-33-38(40(48)43(39(33)47)30-17-20-42(21-18-30)24-28-8-4-3-5-9-28)34(25-44)37(32)36(46)16-13-29(35-10-6-7-19-41-35)22-27-11-14-31(45)15-12-27/h3-12,14-15,19,22,26,30,33-34,36,38,44-46H,13,16-18,20-21,23-25H2,1-2H3/b29-22-/t33-,34+,36-,38-/m1/s1. The maximum atomic E-state index is 14.2. The van der Waals surface area contributed by atoms with E-state index in [2.05, 4.69) is 35.9 Å². The van der Waals surface area contributed by atoms with Crippen LogP contribution in [0, 0.1) is 23.7 Å². The molecule has 2 amide bonds. The van der Waals surface area contributed by atoms with Gasteiger partial charge in [-0.2, -0.15) is 0 Å². The summed E-state index contributed by atoms with van der Waals surface area (Å²) in [4.78, 5) is 36.6. The lowest BCUT2D eigenvalue weighted by Gasteiger charge is -2.38. The highest BCUT2D eigenvalue weighted by Gasteiger charge is 2.56. The minimum atomic E-state index is -0.898. The first kappa shape index (κ1) is 33.8. The van der Waals surface area contributed by atoms with Gasteiger partial charge in [-0.05, 0) is 90.6 Å². The maximum Gasteiger partial charge on any atom is 0.234 e. The van der Waals surface area contributed by atoms with Crippen molar-refractivity contribution >= 4 is 23.5 Å². The average molecular weight is 650 g/mol. The van der Waals surface area contributed by atoms with E-state index in [9.17, 15) is 24.9 Å². The average Bonchev–Trinajstić information content (AvgIpc) is 3.36. The molecular formula is C40H47N3O5. The summed E-state index contributed by atoms with van der Waals surface area (Å²) in [5, 5.41) is 32.4. The first-order valence-electron chi connectivity index (χ1n) is 17.3. The van der Waals surface area contributed by atoms with E-state index in [-0.39, 0.29) is 36.1 Å². The molecule has 3 heterocycles. The topological polar surface area (TPSA) is 114 Å². The lowest BCUT2D eigenvalue weighted by molar-refractivity contribution is -0.144. The summed E-state index contributed by atoms with van der Waals surface area (Å²) in [5.41, 5.74) is 5.57. The molecule has 252 valence electrons. The summed E-state index contributed by atoms with van der Waals surface area (Å²) in [7, 11) is 0. The number of phenolic OH excluding ortho intramolecular Hbond substituents is 1. The van der Waals surface area contributed by atoms with E-state index in [0.717, 1.165) is 60.5 Å². The molecule has 0 spiro atoms. The number of hydrogen-bond acceptors (Lipinski definition) is 7. The number of rotatable bonds is 11. The number of pyridine rings is 1. The Kier molecular flexibility index (Phi) is 10.5. The van der Waals surface area contributed by atoms with Crippen molar-refractivity contribution in [3.05, 3.63) is 107 Å². The van der Waals surface area contributed by atoms with Crippen LogP contribution >= 0.6 is 0 Å². The Balaban J connectivity index is 1.20. The molecule has 2 saturated heterocycles. The number of aliphatic hydroxyl groups is 2. The van der Waals surface area contributed by atoms with Crippen LogP contribution in [-0.2, 0) is 16.1 Å². The highest BCUT2D eigenvalue weighted by molar-refractivity contribution is 6.06. The van der Waals surface area contributed by atoms with E-state index in [0.29, 0.717) is 19.3 Å². The van der Waals surface area contributed by atoms with Crippen molar-refractivity contribution < 1.29 is 24.9 Å². The third-order valence-electron chi connectivity index (χ3n) is 10.5. The second-order valence-corrected chi connectivity index (χ2v) is 13.8. The molecule has 8 nitrogen and oxygen atoms in total. The van der Waals surface area contributed by atoms with E-state index in [1.807, 2.05) is 54.6 Å². The van der Waals surface area contributed by atoms with Gasteiger partial charge in [-0.25, -0.2) is 0 Å². The van der Waals surface area contributed by atoms with Gasteiger partial charge >= 0.3 is 0 Å². The summed E-state index contributed by atoms with van der Waals surface area (Å²) in [6.45, 7) is 6.28. The van der Waals surface area contributed by atoms with Crippen LogP contribution in [0.4, 0.5) is 0 Å². The first-order chi connectivity index (χ1) is 23.2. The van der Waals surface area contributed by atoms with E-state index in [1.54, 1.807) is 18.3 Å². The molecule has 0 radical (unpaired) electrons. The van der Waals surface area contributed by atoms with E-state index < -0.39 is 23.9 Å². The van der Waals surface area contributed by atoms with Gasteiger partial charge in [-0.15, -0.1) is 0 Å². The van der Waals surface area contributed by atoms with E-state index in [4.69, 9.17) is 0 Å². The number of nitrogens with zero attached hydrogens (tertiary/aromatic N) is 3. The molecule has 3 N–H and O–H groups in total. The molecule has 8 heteroatoms. The van der Waals surface area contributed by atoms with Gasteiger partial charge in [0.1, 0.15) is 5.75 Å². The van der Waals surface area contributed by atoms with E-state index in [1.165, 1.54) is 10.5 Å². The van der Waals surface area contributed by atoms with Crippen molar-refractivity contribution in [1.82, 2.24) is 14.8 Å². The fraction of sp³-hybridized carbons (Fsp3) is 0.425. The van der Waals surface area contributed by atoms with Gasteiger partial charge in [0, 0.05) is 37.8 Å². The van der Waals surface area contributed by atoms with Gasteiger partial charge in [-0.1, -0.05) is 68.0 Å². The Morgan fingerprint density at radius 1 is 0.958 bits per heavy atom. The van der Waals surface area contributed by atoms with Crippen LogP contribution in [-0.4, -0.2) is 73.8 Å². The SMILES string of the molecule is CC(C)C1=C([C@H](O)CC/C(=C/c2ccc(O)cc2)c2ccccn2)[C@H](CO)[C@@H]2C(=O)N(C3CCN(Cc4ccccc4)CC3)C(=O)[C@@H]2C1. The normalized spacial score (nSPS) is 23.2. The van der Waals surface area contributed by atoms with Crippen LogP contribution in [0.5, 0.6) is 5.75 Å². The van der Waals surface area contributed by atoms with Gasteiger partial charge in [0.05, 0.1) is 30.2 Å². The van der Waals surface area contributed by atoms with Crippen molar-refractivity contribution in [2.24, 2.45) is 23.7 Å². The van der Waals surface area contributed by atoms with Gasteiger partial charge in [-0.3, -0.25) is 24.4 Å². The Bertz CT molecular complexity index is 1630. The summed E-state index contributed by atoms with van der Waals surface area (Å²) < 4.78 is 0. The van der Waals surface area contributed by atoms with Crippen molar-refractivity contribution in [2.75, 3.05) is 19.7 Å². The van der Waals surface area contributed by atoms with Crippen molar-refractivity contribution in [3.63, 3.8) is 0 Å². The largest absolute Gasteiger partial charge is 0.508 e. The van der Waals surface area contributed by atoms with E-state index >= 15 is 0 Å². The molecule has 1 aliphatic carbocycles. The second-order valence-electron chi connectivity index (χ2n) is 13.8. The number of aromatic hydroxyl groups is 1. The molecule has 2 aromatic carbocycles. The number of aromatic nitrogens is 1. The maximum absolute atomic E-state index is 14.2. The summed E-state index contributed by atoms with van der Waals surface area (Å²) in [6, 6.07) is 22.8. The smallest absolute Gasteiger partial charge is 0.234 e. The van der Waals surface area contributed by atoms with Crippen LogP contribution in [0.15, 0.2) is 90.1 Å². The number of likely N-dealkylation sites (tertiary alicyclic amines) is 2. The molecule has 0 bridgehead atoms. The fourth-order valence-electron chi connectivity index (χ4n) is 8.05. The molecule has 2 fully saturated rings. The predicted octanol–water partition coefficient (Wildman–Crippen LogP) is 5.70. The monoisotopic (exact) mass is 649 g/mol. The number of phenols is 1. The Morgan fingerprint density at radius 3 is 2.31 bits per heavy atom. The molecule has 6 rings (SSSR count). The van der Waals surface area contributed by atoms with Crippen molar-refractivity contribution in [3.8, 4) is 5.75 Å². The summed E-state index contributed by atoms with van der Waals surface area (Å²) >= 11 is 0. The van der Waals surface area contributed by atoms with Crippen molar-refractivity contribution in [1.29, 1.82) is 0 Å². The zero-order valence-corrected chi connectivity index (χ0v) is 27.9. The molecular weight excluding hydrogens is 602 g/mol. The number of aliphatic hydroxyl groups excluding tert-OH is 2. The molecule has 0 unspecified atom stereocenters. The second kappa shape index (κ2) is 15.0. The Hall–Kier alpha value is -4.11. The number of hydrogen-bond donors (Lipinski definition) is 3. The number of piperidine rings is 1. The highest BCUT2D eigenvalue weighted by atomic mass is 16.3. The third-order valence-corrected chi connectivity index (χ3v) is 10.5. The minimum Gasteiger partial charge on any atom is -0.508 e. The zero-order valence-electron chi connectivity index (χ0n) is 27.9. The summed E-state index contributed by atoms with van der Waals surface area (Å²) in [5.74, 6) is -1.87. The van der Waals surface area contributed by atoms with Crippen molar-refractivity contribution in [2.45, 2.75) is 64.6 Å². The van der Waals surface area contributed by atoms with Crippen LogP contribution < -0.4 is 0 Å². The molecule has 3 aromatic rings. The van der Waals surface area contributed by atoms with Crippen LogP contribution in [0.2, 0.25) is 0 Å². The van der Waals surface area contributed by atoms with Gasteiger partial charge in [0.25, 0.3) is 0 Å². The van der Waals surface area contributed by atoms with Gasteiger partial charge in [0.2, 0.25) is 11.8 Å². The molecule has 3 aliphatic rings. The van der Waals surface area contributed by atoms with Crippen LogP contribution in [0.3, 0.4) is 0 Å². The van der Waals surface area contributed by atoms with Gasteiger partial charge in [0.15, 0.2) is 0 Å². The van der Waals surface area contributed by atoms with Crippen LogP contribution in [0.25, 0.3) is 11.6 Å². The minimum absolute atomic E-state index is 0.0469. The lowest BCUT2D eigenvalue weighted by Crippen LogP contribution is -2.47. The van der Waals surface area contributed by atoms with Crippen LogP contribution in [0.1, 0.15) is 62.8 Å². The quantitative estimate of drug-likeness (QED) is 0.180. The van der Waals surface area contributed by atoms with Gasteiger partial charge < -0.3 is 15.3 Å². The summed E-state index contributed by atoms with van der Waals surface area (Å²) in [6.07, 6.45) is 5.61. The number of carbonyl (C=O) groups excluding carboxylic acids is 2. The fourth-order valence-corrected chi connectivity index (χ4v) is 8.05. The number of fused-ring (bicyclic) bond motifs is 1. The molecule has 4 atom stereocenters. The highest BCUT2D eigenvalue weighted by Crippen LogP contribution is 2.49. The Morgan fingerprint density at radius 2 is 1.67 bits per heavy atom. The molecule has 1 aromatic heterocycles. The number of allylic oxidation sites excluding steroid dienone is 2. The lowest BCUT2D eigenvalue weighted by atomic mass is 9.66.